The van der Waals surface area contributed by atoms with Crippen LogP contribution in [0, 0.1) is 0 Å². The van der Waals surface area contributed by atoms with Gasteiger partial charge in [-0.1, -0.05) is 44.2 Å². The molecule has 0 aromatic heterocycles. The summed E-state index contributed by atoms with van der Waals surface area (Å²) in [6.07, 6.45) is 0.962. The number of likely N-dealkylation sites (tertiary alicyclic amines) is 1. The van der Waals surface area contributed by atoms with Crippen LogP contribution in [0.5, 0.6) is 5.75 Å². The Morgan fingerprint density at radius 1 is 1.16 bits per heavy atom. The Kier molecular flexibility index (Phi) is 5.59. The zero-order chi connectivity index (χ0) is 17.6. The van der Waals surface area contributed by atoms with E-state index in [2.05, 4.69) is 43.4 Å². The van der Waals surface area contributed by atoms with Gasteiger partial charge < -0.3 is 15.0 Å². The highest BCUT2D eigenvalue weighted by atomic mass is 16.5. The normalized spacial score (nSPS) is 16.9. The fourth-order valence-corrected chi connectivity index (χ4v) is 3.06. The van der Waals surface area contributed by atoms with Crippen LogP contribution in [0.15, 0.2) is 54.6 Å². The summed E-state index contributed by atoms with van der Waals surface area (Å²) in [4.78, 5) is 14.2. The third kappa shape index (κ3) is 4.75. The van der Waals surface area contributed by atoms with E-state index in [1.54, 1.807) is 0 Å². The van der Waals surface area contributed by atoms with Crippen molar-refractivity contribution in [2.45, 2.75) is 32.2 Å². The average molecular weight is 338 g/mol. The van der Waals surface area contributed by atoms with E-state index in [0.29, 0.717) is 12.0 Å². The molecule has 25 heavy (non-hydrogen) atoms. The molecule has 1 saturated heterocycles. The molecule has 0 aliphatic carbocycles. The number of hydrogen-bond donors (Lipinski definition) is 1. The van der Waals surface area contributed by atoms with Crippen LogP contribution in [0.4, 0.5) is 5.69 Å². The quantitative estimate of drug-likeness (QED) is 0.868. The van der Waals surface area contributed by atoms with E-state index in [0.717, 1.165) is 30.9 Å². The van der Waals surface area contributed by atoms with Gasteiger partial charge in [-0.2, -0.15) is 0 Å². The summed E-state index contributed by atoms with van der Waals surface area (Å²) in [7, 11) is 0. The van der Waals surface area contributed by atoms with E-state index in [9.17, 15) is 4.79 Å². The number of amides is 1. The summed E-state index contributed by atoms with van der Waals surface area (Å²) in [5.74, 6) is 1.29. The van der Waals surface area contributed by atoms with Crippen LogP contribution >= 0.6 is 0 Å². The molecule has 132 valence electrons. The van der Waals surface area contributed by atoms with Gasteiger partial charge in [0.2, 0.25) is 0 Å². The molecular weight excluding hydrogens is 312 g/mol. The highest BCUT2D eigenvalue weighted by Gasteiger charge is 2.26. The first-order valence-corrected chi connectivity index (χ1v) is 8.94. The van der Waals surface area contributed by atoms with Crippen molar-refractivity contribution in [1.29, 1.82) is 0 Å². The lowest BCUT2D eigenvalue weighted by Crippen LogP contribution is -2.34. The number of rotatable bonds is 6. The van der Waals surface area contributed by atoms with E-state index >= 15 is 0 Å². The zero-order valence-corrected chi connectivity index (χ0v) is 14.9. The molecule has 1 fully saturated rings. The summed E-state index contributed by atoms with van der Waals surface area (Å²) in [6.45, 7) is 5.92. The first-order valence-electron chi connectivity index (χ1n) is 8.94. The van der Waals surface area contributed by atoms with Gasteiger partial charge in [0.15, 0.2) is 6.61 Å². The predicted octanol–water partition coefficient (Wildman–Crippen LogP) is 3.90. The molecule has 0 spiro atoms. The number of para-hydroxylation sites is 1. The monoisotopic (exact) mass is 338 g/mol. The minimum absolute atomic E-state index is 0.0466. The van der Waals surface area contributed by atoms with Crippen molar-refractivity contribution in [2.75, 3.05) is 25.0 Å². The second-order valence-corrected chi connectivity index (χ2v) is 6.85. The van der Waals surface area contributed by atoms with E-state index < -0.39 is 0 Å². The van der Waals surface area contributed by atoms with Crippen molar-refractivity contribution in [1.82, 2.24) is 4.90 Å². The minimum Gasteiger partial charge on any atom is -0.484 e. The molecular formula is C21H26N2O2. The first-order chi connectivity index (χ1) is 12.1. The maximum absolute atomic E-state index is 12.4. The Bertz CT molecular complexity index is 683. The molecule has 1 amide bonds. The molecule has 4 nitrogen and oxygen atoms in total. The molecule has 0 saturated carbocycles. The van der Waals surface area contributed by atoms with Gasteiger partial charge in [0, 0.05) is 24.8 Å². The Morgan fingerprint density at radius 3 is 2.56 bits per heavy atom. The number of nitrogens with one attached hydrogen (secondary N) is 1. The van der Waals surface area contributed by atoms with Crippen LogP contribution in [0.1, 0.15) is 31.7 Å². The number of carbonyl (C=O) groups excluding carboxylic acids is 1. The van der Waals surface area contributed by atoms with E-state index in [1.807, 2.05) is 35.2 Å². The summed E-state index contributed by atoms with van der Waals surface area (Å²) < 4.78 is 5.66. The van der Waals surface area contributed by atoms with Crippen LogP contribution in [0.2, 0.25) is 0 Å². The largest absolute Gasteiger partial charge is 0.484 e. The standard InChI is InChI=1S/C21H26N2O2/c1-16(2)17-8-10-20(11-9-17)25-15-21(24)23-13-12-19(14-23)22-18-6-4-3-5-7-18/h3-11,16,19,22H,12-15H2,1-2H3. The lowest BCUT2D eigenvalue weighted by atomic mass is 10.0. The summed E-state index contributed by atoms with van der Waals surface area (Å²) in [5.41, 5.74) is 2.37. The van der Waals surface area contributed by atoms with Crippen molar-refractivity contribution in [3.05, 3.63) is 60.2 Å². The molecule has 0 radical (unpaired) electrons. The molecule has 1 unspecified atom stereocenters. The molecule has 1 aliphatic heterocycles. The Hall–Kier alpha value is -2.49. The SMILES string of the molecule is CC(C)c1ccc(OCC(=O)N2CCC(Nc3ccccc3)C2)cc1. The lowest BCUT2D eigenvalue weighted by molar-refractivity contribution is -0.132. The van der Waals surface area contributed by atoms with Gasteiger partial charge in [-0.15, -0.1) is 0 Å². The number of carbonyl (C=O) groups is 1. The van der Waals surface area contributed by atoms with Crippen LogP contribution in [0.25, 0.3) is 0 Å². The van der Waals surface area contributed by atoms with Gasteiger partial charge in [0.1, 0.15) is 5.75 Å². The fourth-order valence-electron chi connectivity index (χ4n) is 3.06. The highest BCUT2D eigenvalue weighted by molar-refractivity contribution is 5.78. The van der Waals surface area contributed by atoms with Crippen molar-refractivity contribution < 1.29 is 9.53 Å². The smallest absolute Gasteiger partial charge is 0.260 e. The predicted molar refractivity (Wildman–Crippen MR) is 101 cm³/mol. The third-order valence-electron chi connectivity index (χ3n) is 4.59. The van der Waals surface area contributed by atoms with Gasteiger partial charge in [0.25, 0.3) is 5.91 Å². The fraction of sp³-hybridized carbons (Fsp3) is 0.381. The molecule has 1 aliphatic rings. The maximum Gasteiger partial charge on any atom is 0.260 e. The zero-order valence-electron chi connectivity index (χ0n) is 14.9. The van der Waals surface area contributed by atoms with Crippen molar-refractivity contribution in [2.24, 2.45) is 0 Å². The maximum atomic E-state index is 12.4. The second-order valence-electron chi connectivity index (χ2n) is 6.85. The van der Waals surface area contributed by atoms with Crippen molar-refractivity contribution >= 4 is 11.6 Å². The molecule has 2 aromatic rings. The summed E-state index contributed by atoms with van der Waals surface area (Å²) in [6, 6.07) is 18.4. The highest BCUT2D eigenvalue weighted by Crippen LogP contribution is 2.19. The van der Waals surface area contributed by atoms with Gasteiger partial charge in [0.05, 0.1) is 0 Å². The Labute approximate surface area is 149 Å². The van der Waals surface area contributed by atoms with Gasteiger partial charge >= 0.3 is 0 Å². The number of anilines is 1. The van der Waals surface area contributed by atoms with E-state index in [-0.39, 0.29) is 12.5 Å². The van der Waals surface area contributed by atoms with Gasteiger partial charge in [-0.25, -0.2) is 0 Å². The molecule has 1 atom stereocenters. The molecule has 2 aromatic carbocycles. The molecule has 0 bridgehead atoms. The Morgan fingerprint density at radius 2 is 1.88 bits per heavy atom. The molecule has 4 heteroatoms. The van der Waals surface area contributed by atoms with Crippen LogP contribution < -0.4 is 10.1 Å². The van der Waals surface area contributed by atoms with Crippen LogP contribution in [0.3, 0.4) is 0 Å². The van der Waals surface area contributed by atoms with Crippen molar-refractivity contribution in [3.8, 4) is 5.75 Å². The third-order valence-corrected chi connectivity index (χ3v) is 4.59. The number of benzene rings is 2. The van der Waals surface area contributed by atoms with Crippen LogP contribution in [-0.2, 0) is 4.79 Å². The number of hydrogen-bond acceptors (Lipinski definition) is 3. The second kappa shape index (κ2) is 8.06. The number of nitrogens with zero attached hydrogens (tertiary/aromatic N) is 1. The van der Waals surface area contributed by atoms with Crippen LogP contribution in [-0.4, -0.2) is 36.5 Å². The average Bonchev–Trinajstić information content (AvgIpc) is 3.09. The first kappa shape index (κ1) is 17.3. The van der Waals surface area contributed by atoms with Gasteiger partial charge in [-0.05, 0) is 42.2 Å². The Balaban J connectivity index is 1.46. The van der Waals surface area contributed by atoms with E-state index in [1.165, 1.54) is 5.56 Å². The molecule has 3 rings (SSSR count). The number of ether oxygens (including phenoxy) is 1. The van der Waals surface area contributed by atoms with Gasteiger partial charge in [-0.3, -0.25) is 4.79 Å². The van der Waals surface area contributed by atoms with Crippen molar-refractivity contribution in [3.63, 3.8) is 0 Å². The lowest BCUT2D eigenvalue weighted by Gasteiger charge is -2.18. The summed E-state index contributed by atoms with van der Waals surface area (Å²) >= 11 is 0. The minimum atomic E-state index is 0.0466. The topological polar surface area (TPSA) is 41.6 Å². The summed E-state index contributed by atoms with van der Waals surface area (Å²) in [5, 5.41) is 3.48. The molecule has 1 N–H and O–H groups in total. The molecule has 1 heterocycles. The van der Waals surface area contributed by atoms with E-state index in [4.69, 9.17) is 4.74 Å².